The summed E-state index contributed by atoms with van der Waals surface area (Å²) in [5, 5.41) is 0. The van der Waals surface area contributed by atoms with Crippen LogP contribution in [0.1, 0.15) is 58.2 Å². The number of hydrogen-bond acceptors (Lipinski definition) is 1. The van der Waals surface area contributed by atoms with Crippen molar-refractivity contribution in [1.82, 2.24) is 0 Å². The molecule has 0 fully saturated rings. The Bertz CT molecular complexity index is 504. The first kappa shape index (κ1) is 15.6. The lowest BCUT2D eigenvalue weighted by atomic mass is 9.79. The van der Waals surface area contributed by atoms with Crippen molar-refractivity contribution in [2.45, 2.75) is 52.4 Å². The van der Waals surface area contributed by atoms with Gasteiger partial charge in [-0.25, -0.2) is 0 Å². The van der Waals surface area contributed by atoms with Crippen LogP contribution in [0.15, 0.2) is 24.4 Å². The second-order valence-electron chi connectivity index (χ2n) is 6.99. The van der Waals surface area contributed by atoms with Gasteiger partial charge >= 0.3 is 0 Å². The number of benzene rings is 1. The fourth-order valence-electron chi connectivity index (χ4n) is 2.09. The summed E-state index contributed by atoms with van der Waals surface area (Å²) < 4.78 is 5.62. The van der Waals surface area contributed by atoms with Crippen molar-refractivity contribution in [3.63, 3.8) is 0 Å². The average molecular weight is 258 g/mol. The van der Waals surface area contributed by atoms with Crippen molar-refractivity contribution in [3.8, 4) is 5.75 Å². The summed E-state index contributed by atoms with van der Waals surface area (Å²) in [7, 11) is 1.72. The van der Waals surface area contributed by atoms with Gasteiger partial charge in [-0.3, -0.25) is 0 Å². The third-order valence-corrected chi connectivity index (χ3v) is 3.25. The van der Waals surface area contributed by atoms with Gasteiger partial charge < -0.3 is 4.74 Å². The molecule has 1 heteroatoms. The Morgan fingerprint density at radius 3 is 2.00 bits per heavy atom. The number of hydrogen-bond donors (Lipinski definition) is 0. The highest BCUT2D eigenvalue weighted by atomic mass is 16.5. The molecule has 0 aromatic heterocycles. The first-order valence-electron chi connectivity index (χ1n) is 6.70. The van der Waals surface area contributed by atoms with Crippen LogP contribution in [0, 0.1) is 0 Å². The summed E-state index contributed by atoms with van der Waals surface area (Å²) in [5.41, 5.74) is 6.59. The SMILES string of the molecule is C=C=Cc1cc(C(C)(C)C)cc(C(C)(C)C)c1OC. The molecule has 0 N–H and O–H groups in total. The van der Waals surface area contributed by atoms with Crippen LogP contribution in [0.2, 0.25) is 0 Å². The molecule has 104 valence electrons. The minimum atomic E-state index is 0.0381. The Labute approximate surface area is 118 Å². The van der Waals surface area contributed by atoms with Gasteiger partial charge in [0.2, 0.25) is 0 Å². The molecule has 19 heavy (non-hydrogen) atoms. The van der Waals surface area contributed by atoms with Gasteiger partial charge in [0.05, 0.1) is 7.11 Å². The van der Waals surface area contributed by atoms with Gasteiger partial charge in [0.15, 0.2) is 0 Å². The Morgan fingerprint density at radius 1 is 1.05 bits per heavy atom. The minimum absolute atomic E-state index is 0.0381. The van der Waals surface area contributed by atoms with E-state index in [0.29, 0.717) is 0 Å². The maximum atomic E-state index is 5.62. The molecule has 0 radical (unpaired) electrons. The molecule has 1 nitrogen and oxygen atoms in total. The summed E-state index contributed by atoms with van der Waals surface area (Å²) in [6, 6.07) is 4.44. The lowest BCUT2D eigenvalue weighted by Gasteiger charge is -2.28. The predicted molar refractivity (Wildman–Crippen MR) is 84.0 cm³/mol. The van der Waals surface area contributed by atoms with Crippen LogP contribution in [0.3, 0.4) is 0 Å². The van der Waals surface area contributed by atoms with E-state index in [1.165, 1.54) is 11.1 Å². The summed E-state index contributed by atoms with van der Waals surface area (Å²) in [4.78, 5) is 0. The monoisotopic (exact) mass is 258 g/mol. The van der Waals surface area contributed by atoms with Crippen LogP contribution in [-0.2, 0) is 10.8 Å². The smallest absolute Gasteiger partial charge is 0.130 e. The molecule has 0 bridgehead atoms. The fraction of sp³-hybridized carbons (Fsp3) is 0.500. The number of rotatable bonds is 2. The zero-order valence-corrected chi connectivity index (χ0v) is 13.3. The highest BCUT2D eigenvalue weighted by Crippen LogP contribution is 2.38. The largest absolute Gasteiger partial charge is 0.496 e. The molecular weight excluding hydrogens is 232 g/mol. The molecule has 1 aromatic carbocycles. The van der Waals surface area contributed by atoms with E-state index in [1.807, 2.05) is 6.08 Å². The topological polar surface area (TPSA) is 9.23 Å². The predicted octanol–water partition coefficient (Wildman–Crippen LogP) is 5.09. The molecule has 0 spiro atoms. The molecule has 0 aliphatic rings. The average Bonchev–Trinajstić information content (AvgIpc) is 2.26. The molecule has 0 amide bonds. The van der Waals surface area contributed by atoms with Crippen molar-refractivity contribution in [2.75, 3.05) is 7.11 Å². The lowest BCUT2D eigenvalue weighted by Crippen LogP contribution is -2.18. The van der Waals surface area contributed by atoms with Gasteiger partial charge in [0.25, 0.3) is 0 Å². The summed E-state index contributed by atoms with van der Waals surface area (Å²) >= 11 is 0. The van der Waals surface area contributed by atoms with E-state index in [-0.39, 0.29) is 10.8 Å². The third kappa shape index (κ3) is 3.52. The first-order valence-corrected chi connectivity index (χ1v) is 6.70. The van der Waals surface area contributed by atoms with Crippen LogP contribution in [0.5, 0.6) is 5.75 Å². The minimum Gasteiger partial charge on any atom is -0.496 e. The van der Waals surface area contributed by atoms with Gasteiger partial charge in [-0.05, 0) is 28.5 Å². The number of ether oxygens (including phenoxy) is 1. The van der Waals surface area contributed by atoms with Gasteiger partial charge in [-0.15, -0.1) is 5.73 Å². The van der Waals surface area contributed by atoms with Crippen LogP contribution in [0.25, 0.3) is 6.08 Å². The summed E-state index contributed by atoms with van der Waals surface area (Å²) in [6.45, 7) is 17.0. The van der Waals surface area contributed by atoms with E-state index >= 15 is 0 Å². The standard InChI is InChI=1S/C18H26O/c1-9-10-13-11-14(17(2,3)4)12-15(16(13)19-8)18(5,6)7/h10-12H,1H2,2-8H3. The van der Waals surface area contributed by atoms with Crippen molar-refractivity contribution in [1.29, 1.82) is 0 Å². The lowest BCUT2D eigenvalue weighted by molar-refractivity contribution is 0.395. The van der Waals surface area contributed by atoms with E-state index in [2.05, 4.69) is 66.0 Å². The van der Waals surface area contributed by atoms with Gasteiger partial charge in [-0.2, -0.15) is 0 Å². The van der Waals surface area contributed by atoms with Crippen molar-refractivity contribution >= 4 is 6.08 Å². The van der Waals surface area contributed by atoms with Gasteiger partial charge in [-0.1, -0.05) is 54.2 Å². The zero-order chi connectivity index (χ0) is 14.8. The second-order valence-corrected chi connectivity index (χ2v) is 6.99. The van der Waals surface area contributed by atoms with Gasteiger partial charge in [0.1, 0.15) is 5.75 Å². The van der Waals surface area contributed by atoms with Crippen LogP contribution >= 0.6 is 0 Å². The normalized spacial score (nSPS) is 11.9. The Hall–Kier alpha value is -1.46. The maximum absolute atomic E-state index is 5.62. The molecule has 0 aliphatic heterocycles. The molecule has 1 aromatic rings. The molecule has 0 unspecified atom stereocenters. The van der Waals surface area contributed by atoms with Crippen LogP contribution < -0.4 is 4.74 Å². The Balaban J connectivity index is 3.69. The molecule has 0 aliphatic carbocycles. The van der Waals surface area contributed by atoms with E-state index in [1.54, 1.807) is 7.11 Å². The second kappa shape index (κ2) is 5.27. The van der Waals surface area contributed by atoms with Crippen molar-refractivity contribution < 1.29 is 4.74 Å². The summed E-state index contributed by atoms with van der Waals surface area (Å²) in [5.74, 6) is 0.927. The molecule has 0 saturated carbocycles. The Morgan fingerprint density at radius 2 is 1.63 bits per heavy atom. The van der Waals surface area contributed by atoms with Crippen LogP contribution in [-0.4, -0.2) is 7.11 Å². The molecular formula is C18H26O. The zero-order valence-electron chi connectivity index (χ0n) is 13.3. The maximum Gasteiger partial charge on any atom is 0.130 e. The summed E-state index contributed by atoms with van der Waals surface area (Å²) in [6.07, 6.45) is 1.89. The molecule has 0 atom stereocenters. The van der Waals surface area contributed by atoms with E-state index < -0.39 is 0 Å². The van der Waals surface area contributed by atoms with E-state index in [0.717, 1.165) is 11.3 Å². The molecule has 1 rings (SSSR count). The van der Waals surface area contributed by atoms with E-state index in [4.69, 9.17) is 4.74 Å². The highest BCUT2D eigenvalue weighted by molar-refractivity contribution is 5.63. The molecule has 0 heterocycles. The molecule has 0 saturated heterocycles. The van der Waals surface area contributed by atoms with Crippen molar-refractivity contribution in [2.24, 2.45) is 0 Å². The fourth-order valence-corrected chi connectivity index (χ4v) is 2.09. The quantitative estimate of drug-likeness (QED) is 0.671. The first-order chi connectivity index (χ1) is 8.61. The highest BCUT2D eigenvalue weighted by Gasteiger charge is 2.24. The Kier molecular flexibility index (Phi) is 4.32. The number of methoxy groups -OCH3 is 1. The van der Waals surface area contributed by atoms with Gasteiger partial charge in [0, 0.05) is 11.1 Å². The third-order valence-electron chi connectivity index (χ3n) is 3.25. The van der Waals surface area contributed by atoms with Crippen molar-refractivity contribution in [3.05, 3.63) is 41.1 Å². The van der Waals surface area contributed by atoms with Crippen LogP contribution in [0.4, 0.5) is 0 Å². The van der Waals surface area contributed by atoms with E-state index in [9.17, 15) is 0 Å².